The van der Waals surface area contributed by atoms with Gasteiger partial charge in [-0.05, 0) is 25.1 Å². The molecule has 4 heteroatoms. The monoisotopic (exact) mass is 203 g/mol. The molecule has 0 unspecified atom stereocenters. The van der Waals surface area contributed by atoms with Gasteiger partial charge in [-0.15, -0.1) is 0 Å². The molecule has 0 aliphatic rings. The number of nitrogens with zero attached hydrogens (tertiary/aromatic N) is 3. The second-order valence-corrected chi connectivity index (χ2v) is 3.26. The Labute approximate surface area is 86.0 Å². The fourth-order valence-electron chi connectivity index (χ4n) is 1.27. The molecule has 0 N–H and O–H groups in total. The van der Waals surface area contributed by atoms with E-state index in [9.17, 15) is 0 Å². The Bertz CT molecular complexity index is 543. The van der Waals surface area contributed by atoms with Crippen molar-refractivity contribution in [2.24, 2.45) is 0 Å². The summed E-state index contributed by atoms with van der Waals surface area (Å²) in [5, 5.41) is 9.82. The molecule has 0 aliphatic heterocycles. The van der Waals surface area contributed by atoms with Crippen molar-refractivity contribution in [3.63, 3.8) is 0 Å². The first-order chi connectivity index (χ1) is 6.70. The van der Waals surface area contributed by atoms with E-state index in [1.807, 2.05) is 6.07 Å². The van der Waals surface area contributed by atoms with E-state index in [4.69, 9.17) is 16.9 Å². The maximum absolute atomic E-state index is 8.71. The molecular formula is C10H6ClN3. The second-order valence-electron chi connectivity index (χ2n) is 2.91. The summed E-state index contributed by atoms with van der Waals surface area (Å²) in [4.78, 5) is 8.23. The lowest BCUT2D eigenvalue weighted by Crippen LogP contribution is -1.90. The molecule has 0 fully saturated rings. The molecule has 0 amide bonds. The first-order valence-electron chi connectivity index (χ1n) is 4.05. The molecule has 0 saturated carbocycles. The van der Waals surface area contributed by atoms with Crippen molar-refractivity contribution in [1.82, 2.24) is 9.97 Å². The Morgan fingerprint density at radius 1 is 1.36 bits per heavy atom. The number of hydrogen-bond acceptors (Lipinski definition) is 3. The fourth-order valence-corrected chi connectivity index (χ4v) is 1.54. The quantitative estimate of drug-likeness (QED) is 0.618. The zero-order valence-corrected chi connectivity index (χ0v) is 8.21. The van der Waals surface area contributed by atoms with Gasteiger partial charge < -0.3 is 0 Å². The summed E-state index contributed by atoms with van der Waals surface area (Å²) in [6.07, 6.45) is 0. The van der Waals surface area contributed by atoms with Gasteiger partial charge in [-0.3, -0.25) is 0 Å². The fraction of sp³-hybridized carbons (Fsp3) is 0.100. The summed E-state index contributed by atoms with van der Waals surface area (Å²) in [6.45, 7) is 1.78. The van der Waals surface area contributed by atoms with Gasteiger partial charge in [-0.25, -0.2) is 9.97 Å². The van der Waals surface area contributed by atoms with E-state index in [-0.39, 0.29) is 0 Å². The molecule has 1 aromatic carbocycles. The third-order valence-electron chi connectivity index (χ3n) is 1.89. The van der Waals surface area contributed by atoms with Crippen LogP contribution in [0.4, 0.5) is 0 Å². The van der Waals surface area contributed by atoms with Gasteiger partial charge in [0.15, 0.2) is 0 Å². The van der Waals surface area contributed by atoms with E-state index >= 15 is 0 Å². The van der Waals surface area contributed by atoms with Crippen molar-refractivity contribution in [3.05, 3.63) is 34.7 Å². The van der Waals surface area contributed by atoms with Crippen LogP contribution in [0.15, 0.2) is 18.2 Å². The standard InChI is InChI=1S/C10H6ClN3/c1-6-13-9-3-2-7(5-12)4-8(9)10(11)14-6/h2-4H,1H3. The van der Waals surface area contributed by atoms with Crippen LogP contribution in [0.1, 0.15) is 11.4 Å². The minimum absolute atomic E-state index is 0.393. The van der Waals surface area contributed by atoms with Gasteiger partial charge in [-0.1, -0.05) is 11.6 Å². The van der Waals surface area contributed by atoms with Crippen molar-refractivity contribution in [2.75, 3.05) is 0 Å². The van der Waals surface area contributed by atoms with Crippen molar-refractivity contribution < 1.29 is 0 Å². The van der Waals surface area contributed by atoms with Gasteiger partial charge in [0.2, 0.25) is 0 Å². The Balaban J connectivity index is 2.84. The van der Waals surface area contributed by atoms with Gasteiger partial charge in [0.05, 0.1) is 17.1 Å². The third kappa shape index (κ3) is 1.40. The summed E-state index contributed by atoms with van der Waals surface area (Å²) in [6, 6.07) is 7.22. The maximum atomic E-state index is 8.71. The normalized spacial score (nSPS) is 10.1. The number of benzene rings is 1. The summed E-state index contributed by atoms with van der Waals surface area (Å²) < 4.78 is 0. The van der Waals surface area contributed by atoms with Crippen LogP contribution in [0.5, 0.6) is 0 Å². The van der Waals surface area contributed by atoms with E-state index in [0.717, 1.165) is 10.9 Å². The molecule has 0 atom stereocenters. The smallest absolute Gasteiger partial charge is 0.140 e. The molecule has 0 spiro atoms. The van der Waals surface area contributed by atoms with Crippen molar-refractivity contribution >= 4 is 22.5 Å². The third-order valence-corrected chi connectivity index (χ3v) is 2.18. The zero-order chi connectivity index (χ0) is 10.1. The highest BCUT2D eigenvalue weighted by molar-refractivity contribution is 6.34. The average Bonchev–Trinajstić information content (AvgIpc) is 2.17. The van der Waals surface area contributed by atoms with Crippen LogP contribution < -0.4 is 0 Å². The van der Waals surface area contributed by atoms with E-state index in [2.05, 4.69) is 9.97 Å². The van der Waals surface area contributed by atoms with Crippen LogP contribution in [0.25, 0.3) is 10.9 Å². The van der Waals surface area contributed by atoms with Gasteiger partial charge in [-0.2, -0.15) is 5.26 Å². The number of halogens is 1. The molecule has 0 saturated heterocycles. The molecule has 0 aliphatic carbocycles. The largest absolute Gasteiger partial charge is 0.233 e. The van der Waals surface area contributed by atoms with Crippen LogP contribution in [0, 0.1) is 18.3 Å². The number of aryl methyl sites for hydroxylation is 1. The molecule has 1 heterocycles. The molecule has 2 rings (SSSR count). The van der Waals surface area contributed by atoms with Crippen LogP contribution in [-0.4, -0.2) is 9.97 Å². The van der Waals surface area contributed by atoms with Gasteiger partial charge in [0.1, 0.15) is 11.0 Å². The molecule has 0 radical (unpaired) electrons. The lowest BCUT2D eigenvalue weighted by Gasteiger charge is -2.00. The van der Waals surface area contributed by atoms with Crippen LogP contribution >= 0.6 is 11.6 Å². The van der Waals surface area contributed by atoms with E-state index < -0.39 is 0 Å². The summed E-state index contributed by atoms with van der Waals surface area (Å²) in [5.41, 5.74) is 1.33. The first kappa shape index (κ1) is 8.92. The summed E-state index contributed by atoms with van der Waals surface area (Å²) in [5.74, 6) is 0.632. The summed E-state index contributed by atoms with van der Waals surface area (Å²) >= 11 is 5.93. The SMILES string of the molecule is Cc1nc(Cl)c2cc(C#N)ccc2n1. The number of fused-ring (bicyclic) bond motifs is 1. The van der Waals surface area contributed by atoms with E-state index in [0.29, 0.717) is 16.5 Å². The van der Waals surface area contributed by atoms with Gasteiger partial charge >= 0.3 is 0 Å². The van der Waals surface area contributed by atoms with Gasteiger partial charge in [0, 0.05) is 5.39 Å². The minimum Gasteiger partial charge on any atom is -0.233 e. The van der Waals surface area contributed by atoms with Crippen molar-refractivity contribution in [2.45, 2.75) is 6.92 Å². The van der Waals surface area contributed by atoms with Gasteiger partial charge in [0.25, 0.3) is 0 Å². The molecule has 68 valence electrons. The lowest BCUT2D eigenvalue weighted by molar-refractivity contribution is 1.09. The van der Waals surface area contributed by atoms with E-state index in [1.54, 1.807) is 25.1 Å². The zero-order valence-electron chi connectivity index (χ0n) is 7.45. The second kappa shape index (κ2) is 3.24. The molecule has 0 bridgehead atoms. The van der Waals surface area contributed by atoms with Crippen LogP contribution in [0.2, 0.25) is 5.15 Å². The highest BCUT2D eigenvalue weighted by Crippen LogP contribution is 2.21. The van der Waals surface area contributed by atoms with Crippen molar-refractivity contribution in [1.29, 1.82) is 5.26 Å². The van der Waals surface area contributed by atoms with Crippen molar-refractivity contribution in [3.8, 4) is 6.07 Å². The first-order valence-corrected chi connectivity index (χ1v) is 4.42. The minimum atomic E-state index is 0.393. The highest BCUT2D eigenvalue weighted by Gasteiger charge is 2.03. The average molecular weight is 204 g/mol. The Morgan fingerprint density at radius 3 is 2.86 bits per heavy atom. The lowest BCUT2D eigenvalue weighted by atomic mass is 10.2. The number of hydrogen-bond donors (Lipinski definition) is 0. The number of aromatic nitrogens is 2. The molecule has 2 aromatic rings. The Hall–Kier alpha value is -1.66. The molecule has 3 nitrogen and oxygen atoms in total. The van der Waals surface area contributed by atoms with Crippen LogP contribution in [-0.2, 0) is 0 Å². The molecule has 14 heavy (non-hydrogen) atoms. The number of rotatable bonds is 0. The summed E-state index contributed by atoms with van der Waals surface area (Å²) in [7, 11) is 0. The Kier molecular flexibility index (Phi) is 2.06. The highest BCUT2D eigenvalue weighted by atomic mass is 35.5. The Morgan fingerprint density at radius 2 is 2.14 bits per heavy atom. The predicted molar refractivity (Wildman–Crippen MR) is 54.0 cm³/mol. The van der Waals surface area contributed by atoms with E-state index in [1.165, 1.54) is 0 Å². The van der Waals surface area contributed by atoms with Crippen LogP contribution in [0.3, 0.4) is 0 Å². The topological polar surface area (TPSA) is 49.6 Å². The predicted octanol–water partition coefficient (Wildman–Crippen LogP) is 2.46. The molecule has 1 aromatic heterocycles. The molecular weight excluding hydrogens is 198 g/mol. The number of nitriles is 1. The maximum Gasteiger partial charge on any atom is 0.140 e.